The SMILES string of the molecule is CCN(CC(C)C(=N)N)S(=O)(=O)c1ccc(F)cc1. The van der Waals surface area contributed by atoms with E-state index >= 15 is 0 Å². The Hall–Kier alpha value is -1.47. The molecule has 5 nitrogen and oxygen atoms in total. The van der Waals surface area contributed by atoms with Crippen LogP contribution in [0.3, 0.4) is 0 Å². The minimum Gasteiger partial charge on any atom is -0.387 e. The molecule has 19 heavy (non-hydrogen) atoms. The molecule has 106 valence electrons. The molecule has 0 heterocycles. The Morgan fingerprint density at radius 1 is 1.42 bits per heavy atom. The second-order valence-corrected chi connectivity index (χ2v) is 6.20. The number of nitrogens with one attached hydrogen (secondary N) is 1. The quantitative estimate of drug-likeness (QED) is 0.612. The van der Waals surface area contributed by atoms with E-state index in [9.17, 15) is 12.8 Å². The van der Waals surface area contributed by atoms with E-state index in [4.69, 9.17) is 11.1 Å². The summed E-state index contributed by atoms with van der Waals surface area (Å²) in [5.41, 5.74) is 5.35. The van der Waals surface area contributed by atoms with Gasteiger partial charge in [0.2, 0.25) is 10.0 Å². The molecular formula is C12H18FN3O2S. The van der Waals surface area contributed by atoms with Crippen LogP contribution in [0.15, 0.2) is 29.2 Å². The highest BCUT2D eigenvalue weighted by molar-refractivity contribution is 7.89. The van der Waals surface area contributed by atoms with Gasteiger partial charge in [0.05, 0.1) is 10.7 Å². The average molecular weight is 287 g/mol. The number of amidine groups is 1. The van der Waals surface area contributed by atoms with Gasteiger partial charge in [-0.3, -0.25) is 5.41 Å². The van der Waals surface area contributed by atoms with Crippen LogP contribution in [0.2, 0.25) is 0 Å². The number of halogens is 1. The van der Waals surface area contributed by atoms with Crippen LogP contribution in [-0.2, 0) is 10.0 Å². The van der Waals surface area contributed by atoms with Crippen LogP contribution >= 0.6 is 0 Å². The number of hydrogen-bond donors (Lipinski definition) is 2. The lowest BCUT2D eigenvalue weighted by molar-refractivity contribution is 0.403. The minimum absolute atomic E-state index is 0.0338. The van der Waals surface area contributed by atoms with E-state index in [1.165, 1.54) is 16.4 Å². The first kappa shape index (κ1) is 15.6. The van der Waals surface area contributed by atoms with Crippen molar-refractivity contribution in [1.82, 2.24) is 4.31 Å². The number of rotatable bonds is 6. The van der Waals surface area contributed by atoms with Crippen LogP contribution in [0.4, 0.5) is 4.39 Å². The molecule has 0 radical (unpaired) electrons. The van der Waals surface area contributed by atoms with Gasteiger partial charge in [-0.15, -0.1) is 0 Å². The molecule has 0 amide bonds. The first-order chi connectivity index (χ1) is 8.78. The van der Waals surface area contributed by atoms with Crippen molar-refractivity contribution in [3.63, 3.8) is 0 Å². The van der Waals surface area contributed by atoms with Crippen molar-refractivity contribution in [2.45, 2.75) is 18.7 Å². The Labute approximate surface area is 112 Å². The third kappa shape index (κ3) is 3.74. The number of nitrogens with two attached hydrogens (primary N) is 1. The zero-order chi connectivity index (χ0) is 14.6. The molecule has 1 atom stereocenters. The summed E-state index contributed by atoms with van der Waals surface area (Å²) in [5, 5.41) is 7.31. The highest BCUT2D eigenvalue weighted by Gasteiger charge is 2.25. The third-order valence-corrected chi connectivity index (χ3v) is 4.77. The van der Waals surface area contributed by atoms with Gasteiger partial charge in [0, 0.05) is 19.0 Å². The van der Waals surface area contributed by atoms with Gasteiger partial charge in [-0.1, -0.05) is 13.8 Å². The second-order valence-electron chi connectivity index (χ2n) is 4.27. The lowest BCUT2D eigenvalue weighted by Gasteiger charge is -2.23. The first-order valence-electron chi connectivity index (χ1n) is 5.88. The molecule has 0 aromatic heterocycles. The molecule has 0 fully saturated rings. The van der Waals surface area contributed by atoms with E-state index in [2.05, 4.69) is 0 Å². The number of nitrogens with zero attached hydrogens (tertiary/aromatic N) is 1. The molecule has 1 rings (SSSR count). The lowest BCUT2D eigenvalue weighted by Crippen LogP contribution is -2.38. The van der Waals surface area contributed by atoms with Crippen molar-refractivity contribution < 1.29 is 12.8 Å². The fourth-order valence-electron chi connectivity index (χ4n) is 1.56. The Bertz CT molecular complexity index is 543. The normalized spacial score (nSPS) is 13.5. The Morgan fingerprint density at radius 3 is 2.37 bits per heavy atom. The summed E-state index contributed by atoms with van der Waals surface area (Å²) >= 11 is 0. The van der Waals surface area contributed by atoms with Gasteiger partial charge in [0.15, 0.2) is 0 Å². The summed E-state index contributed by atoms with van der Waals surface area (Å²) in [6, 6.07) is 4.67. The summed E-state index contributed by atoms with van der Waals surface area (Å²) in [4.78, 5) is 0.0338. The lowest BCUT2D eigenvalue weighted by atomic mass is 10.1. The van der Waals surface area contributed by atoms with E-state index < -0.39 is 15.8 Å². The Balaban J connectivity index is 3.02. The Morgan fingerprint density at radius 2 is 1.95 bits per heavy atom. The van der Waals surface area contributed by atoms with Crippen LogP contribution in [0.5, 0.6) is 0 Å². The van der Waals surface area contributed by atoms with Gasteiger partial charge in [0.25, 0.3) is 0 Å². The molecule has 3 N–H and O–H groups in total. The van der Waals surface area contributed by atoms with E-state index in [0.29, 0.717) is 0 Å². The van der Waals surface area contributed by atoms with Gasteiger partial charge in [-0.2, -0.15) is 4.31 Å². The van der Waals surface area contributed by atoms with Crippen molar-refractivity contribution in [3.8, 4) is 0 Å². The number of sulfonamides is 1. The van der Waals surface area contributed by atoms with Crippen LogP contribution < -0.4 is 5.73 Å². The molecule has 0 bridgehead atoms. The maximum atomic E-state index is 12.8. The molecular weight excluding hydrogens is 269 g/mol. The zero-order valence-electron chi connectivity index (χ0n) is 10.9. The van der Waals surface area contributed by atoms with Gasteiger partial charge in [0.1, 0.15) is 5.82 Å². The second kappa shape index (κ2) is 6.12. The first-order valence-corrected chi connectivity index (χ1v) is 7.32. The van der Waals surface area contributed by atoms with E-state index in [1.807, 2.05) is 0 Å². The molecule has 0 saturated carbocycles. The molecule has 1 aromatic carbocycles. The fourth-order valence-corrected chi connectivity index (χ4v) is 3.09. The van der Waals surface area contributed by atoms with Gasteiger partial charge < -0.3 is 5.73 Å². The van der Waals surface area contributed by atoms with E-state index in [-0.39, 0.29) is 29.7 Å². The molecule has 0 saturated heterocycles. The summed E-state index contributed by atoms with van der Waals surface area (Å²) in [5.74, 6) is -0.915. The van der Waals surface area contributed by atoms with Crippen LogP contribution in [0.25, 0.3) is 0 Å². The molecule has 1 aromatic rings. The highest BCUT2D eigenvalue weighted by Crippen LogP contribution is 2.17. The summed E-state index contributed by atoms with van der Waals surface area (Å²) in [7, 11) is -3.68. The average Bonchev–Trinajstić information content (AvgIpc) is 2.35. The van der Waals surface area contributed by atoms with Crippen molar-refractivity contribution >= 4 is 15.9 Å². The predicted molar refractivity (Wildman–Crippen MR) is 71.9 cm³/mol. The monoisotopic (exact) mass is 287 g/mol. The molecule has 7 heteroatoms. The number of benzene rings is 1. The number of hydrogen-bond acceptors (Lipinski definition) is 3. The summed E-state index contributed by atoms with van der Waals surface area (Å²) in [6.45, 7) is 3.78. The Kier molecular flexibility index (Phi) is 5.02. The van der Waals surface area contributed by atoms with Crippen molar-refractivity contribution in [2.24, 2.45) is 11.7 Å². The summed E-state index contributed by atoms with van der Waals surface area (Å²) < 4.78 is 38.7. The van der Waals surface area contributed by atoms with E-state index in [1.54, 1.807) is 13.8 Å². The molecule has 0 aliphatic heterocycles. The largest absolute Gasteiger partial charge is 0.387 e. The molecule has 0 aliphatic rings. The topological polar surface area (TPSA) is 87.2 Å². The van der Waals surface area contributed by atoms with Crippen molar-refractivity contribution in [3.05, 3.63) is 30.1 Å². The maximum Gasteiger partial charge on any atom is 0.243 e. The maximum absolute atomic E-state index is 12.8. The van der Waals surface area contributed by atoms with Crippen LogP contribution in [0, 0.1) is 17.1 Å². The zero-order valence-corrected chi connectivity index (χ0v) is 11.7. The predicted octanol–water partition coefficient (Wildman–Crippen LogP) is 1.41. The van der Waals surface area contributed by atoms with Crippen LogP contribution in [0.1, 0.15) is 13.8 Å². The van der Waals surface area contributed by atoms with Crippen molar-refractivity contribution in [2.75, 3.05) is 13.1 Å². The van der Waals surface area contributed by atoms with Gasteiger partial charge in [-0.05, 0) is 24.3 Å². The molecule has 0 aliphatic carbocycles. The molecule has 1 unspecified atom stereocenters. The minimum atomic E-state index is -3.68. The third-order valence-electron chi connectivity index (χ3n) is 2.81. The van der Waals surface area contributed by atoms with Gasteiger partial charge >= 0.3 is 0 Å². The molecule has 0 spiro atoms. The van der Waals surface area contributed by atoms with Crippen molar-refractivity contribution in [1.29, 1.82) is 5.41 Å². The van der Waals surface area contributed by atoms with Crippen LogP contribution in [-0.4, -0.2) is 31.6 Å². The van der Waals surface area contributed by atoms with E-state index in [0.717, 1.165) is 12.1 Å². The van der Waals surface area contributed by atoms with Gasteiger partial charge in [-0.25, -0.2) is 12.8 Å². The summed E-state index contributed by atoms with van der Waals surface area (Å²) in [6.07, 6.45) is 0. The highest BCUT2D eigenvalue weighted by atomic mass is 32.2. The smallest absolute Gasteiger partial charge is 0.243 e. The standard InChI is InChI=1S/C12H18FN3O2S/c1-3-16(8-9(2)12(14)15)19(17,18)11-6-4-10(13)5-7-11/h4-7,9H,3,8H2,1-2H3,(H3,14,15). The fraction of sp³-hybridized carbons (Fsp3) is 0.417.